The maximum Gasteiger partial charge on any atom is 0.0556 e. The Balaban J connectivity index is 2.14. The van der Waals surface area contributed by atoms with Gasteiger partial charge in [0, 0.05) is 12.7 Å². The van der Waals surface area contributed by atoms with Crippen LogP contribution in [0.25, 0.3) is 0 Å². The van der Waals surface area contributed by atoms with Crippen LogP contribution in [0.2, 0.25) is 0 Å². The molecule has 2 rings (SSSR count). The molecule has 3 heteroatoms. The minimum Gasteiger partial charge on any atom is -0.308 e. The van der Waals surface area contributed by atoms with Crippen LogP contribution < -0.4 is 5.32 Å². The normalized spacial score (nSPS) is 19.3. The number of hydrogen-bond donors (Lipinski definition) is 1. The largest absolute Gasteiger partial charge is 0.308 e. The summed E-state index contributed by atoms with van der Waals surface area (Å²) < 4.78 is 2.16. The predicted octanol–water partition coefficient (Wildman–Crippen LogP) is 3.91. The summed E-state index contributed by atoms with van der Waals surface area (Å²) in [5.41, 5.74) is 1.39. The molecule has 1 aliphatic rings. The first kappa shape index (κ1) is 14.6. The summed E-state index contributed by atoms with van der Waals surface area (Å²) >= 11 is 0. The molecule has 1 atom stereocenters. The van der Waals surface area contributed by atoms with Crippen molar-refractivity contribution in [3.05, 3.63) is 18.0 Å². The Bertz CT molecular complexity index is 351. The van der Waals surface area contributed by atoms with Crippen molar-refractivity contribution < 1.29 is 0 Å². The Labute approximate surface area is 117 Å². The van der Waals surface area contributed by atoms with Gasteiger partial charge in [-0.15, -0.1) is 0 Å². The van der Waals surface area contributed by atoms with E-state index in [9.17, 15) is 0 Å². The van der Waals surface area contributed by atoms with Crippen LogP contribution in [-0.4, -0.2) is 16.3 Å². The molecule has 19 heavy (non-hydrogen) atoms. The van der Waals surface area contributed by atoms with E-state index in [1.807, 2.05) is 6.20 Å². The summed E-state index contributed by atoms with van der Waals surface area (Å²) in [6.45, 7) is 6.50. The molecule has 1 unspecified atom stereocenters. The minimum atomic E-state index is 0.500. The standard InChI is InChI=1S/C16H29N3/c1-3-12-17-16(14-9-7-5-6-8-10-14)15-11-13-18-19(15)4-2/h11,13-14,16-17H,3-10,12H2,1-2H3. The van der Waals surface area contributed by atoms with Gasteiger partial charge in [-0.25, -0.2) is 0 Å². The van der Waals surface area contributed by atoms with Gasteiger partial charge in [0.25, 0.3) is 0 Å². The first-order chi connectivity index (χ1) is 9.36. The fourth-order valence-electron chi connectivity index (χ4n) is 3.33. The monoisotopic (exact) mass is 263 g/mol. The molecule has 0 bridgehead atoms. The van der Waals surface area contributed by atoms with Gasteiger partial charge in [0.2, 0.25) is 0 Å². The van der Waals surface area contributed by atoms with Gasteiger partial charge in [-0.3, -0.25) is 4.68 Å². The van der Waals surface area contributed by atoms with Crippen molar-refractivity contribution in [1.29, 1.82) is 0 Å². The molecule has 0 saturated heterocycles. The van der Waals surface area contributed by atoms with Crippen LogP contribution in [0.3, 0.4) is 0 Å². The molecule has 1 aliphatic carbocycles. The van der Waals surface area contributed by atoms with Crippen molar-refractivity contribution in [3.63, 3.8) is 0 Å². The molecule has 1 aromatic rings. The summed E-state index contributed by atoms with van der Waals surface area (Å²) in [5.74, 6) is 0.788. The second kappa shape index (κ2) is 7.68. The zero-order valence-electron chi connectivity index (χ0n) is 12.6. The zero-order valence-corrected chi connectivity index (χ0v) is 12.6. The van der Waals surface area contributed by atoms with Crippen LogP contribution in [0.1, 0.15) is 70.5 Å². The highest BCUT2D eigenvalue weighted by atomic mass is 15.3. The van der Waals surface area contributed by atoms with Crippen LogP contribution in [0.5, 0.6) is 0 Å². The molecule has 1 heterocycles. The molecule has 0 spiro atoms. The number of aromatic nitrogens is 2. The highest BCUT2D eigenvalue weighted by molar-refractivity contribution is 5.09. The van der Waals surface area contributed by atoms with E-state index in [-0.39, 0.29) is 0 Å². The van der Waals surface area contributed by atoms with E-state index in [0.29, 0.717) is 6.04 Å². The van der Waals surface area contributed by atoms with Crippen LogP contribution >= 0.6 is 0 Å². The van der Waals surface area contributed by atoms with Crippen molar-refractivity contribution >= 4 is 0 Å². The number of rotatable bonds is 6. The fraction of sp³-hybridized carbons (Fsp3) is 0.812. The van der Waals surface area contributed by atoms with Gasteiger partial charge in [-0.05, 0) is 44.7 Å². The van der Waals surface area contributed by atoms with Gasteiger partial charge >= 0.3 is 0 Å². The molecule has 3 nitrogen and oxygen atoms in total. The molecule has 1 aromatic heterocycles. The molecule has 0 radical (unpaired) electrons. The van der Waals surface area contributed by atoms with Crippen molar-refractivity contribution in [1.82, 2.24) is 15.1 Å². The lowest BCUT2D eigenvalue weighted by molar-refractivity contribution is 0.309. The lowest BCUT2D eigenvalue weighted by Crippen LogP contribution is -2.31. The Morgan fingerprint density at radius 1 is 1.26 bits per heavy atom. The van der Waals surface area contributed by atoms with E-state index >= 15 is 0 Å². The highest BCUT2D eigenvalue weighted by Gasteiger charge is 2.25. The number of nitrogens with zero attached hydrogens (tertiary/aromatic N) is 2. The van der Waals surface area contributed by atoms with Crippen molar-refractivity contribution in [2.24, 2.45) is 5.92 Å². The first-order valence-corrected chi connectivity index (χ1v) is 8.11. The van der Waals surface area contributed by atoms with Crippen molar-refractivity contribution in [3.8, 4) is 0 Å². The van der Waals surface area contributed by atoms with E-state index in [1.54, 1.807) is 0 Å². The third-order valence-electron chi connectivity index (χ3n) is 4.35. The lowest BCUT2D eigenvalue weighted by Gasteiger charge is -2.28. The second-order valence-corrected chi connectivity index (χ2v) is 5.76. The van der Waals surface area contributed by atoms with Gasteiger partial charge in [0.05, 0.1) is 11.7 Å². The highest BCUT2D eigenvalue weighted by Crippen LogP contribution is 2.33. The SMILES string of the molecule is CCCNC(c1ccnn1CC)C1CCCCCC1. The Morgan fingerprint density at radius 3 is 2.63 bits per heavy atom. The first-order valence-electron chi connectivity index (χ1n) is 8.11. The lowest BCUT2D eigenvalue weighted by atomic mass is 9.89. The maximum atomic E-state index is 4.46. The molecular formula is C16H29N3. The van der Waals surface area contributed by atoms with Crippen molar-refractivity contribution in [2.75, 3.05) is 6.54 Å². The van der Waals surface area contributed by atoms with Crippen LogP contribution in [0, 0.1) is 5.92 Å². The maximum absolute atomic E-state index is 4.46. The third kappa shape index (κ3) is 3.82. The van der Waals surface area contributed by atoms with Gasteiger partial charge in [-0.2, -0.15) is 5.10 Å². The smallest absolute Gasteiger partial charge is 0.0556 e. The van der Waals surface area contributed by atoms with E-state index < -0.39 is 0 Å². The zero-order chi connectivity index (χ0) is 13.5. The molecule has 108 valence electrons. The number of aryl methyl sites for hydroxylation is 1. The topological polar surface area (TPSA) is 29.9 Å². The van der Waals surface area contributed by atoms with E-state index in [0.717, 1.165) is 19.0 Å². The quantitative estimate of drug-likeness (QED) is 0.789. The van der Waals surface area contributed by atoms with E-state index in [4.69, 9.17) is 0 Å². The van der Waals surface area contributed by atoms with Gasteiger partial charge in [-0.1, -0.05) is 32.6 Å². The summed E-state index contributed by atoms with van der Waals surface area (Å²) in [5, 5.41) is 8.24. The number of hydrogen-bond acceptors (Lipinski definition) is 2. The second-order valence-electron chi connectivity index (χ2n) is 5.76. The summed E-state index contributed by atoms with van der Waals surface area (Å²) in [7, 11) is 0. The van der Waals surface area contributed by atoms with Gasteiger partial charge < -0.3 is 5.32 Å². The molecule has 0 aliphatic heterocycles. The average molecular weight is 263 g/mol. The Kier molecular flexibility index (Phi) is 5.90. The van der Waals surface area contributed by atoms with Crippen molar-refractivity contribution in [2.45, 2.75) is 71.4 Å². The Hall–Kier alpha value is -0.830. The van der Waals surface area contributed by atoms with E-state index in [2.05, 4.69) is 35.0 Å². The van der Waals surface area contributed by atoms with Gasteiger partial charge in [0.1, 0.15) is 0 Å². The summed E-state index contributed by atoms with van der Waals surface area (Å²) in [6, 6.07) is 2.71. The minimum absolute atomic E-state index is 0.500. The Morgan fingerprint density at radius 2 is 2.00 bits per heavy atom. The van der Waals surface area contributed by atoms with Gasteiger partial charge in [0.15, 0.2) is 0 Å². The molecule has 0 aromatic carbocycles. The van der Waals surface area contributed by atoms with Crippen LogP contribution in [-0.2, 0) is 6.54 Å². The summed E-state index contributed by atoms with van der Waals surface area (Å²) in [6.07, 6.45) is 11.5. The molecule has 1 fully saturated rings. The molecule has 1 saturated carbocycles. The fourth-order valence-corrected chi connectivity index (χ4v) is 3.33. The number of nitrogens with one attached hydrogen (secondary N) is 1. The average Bonchev–Trinajstić information content (AvgIpc) is 2.74. The van der Waals surface area contributed by atoms with Crippen LogP contribution in [0.15, 0.2) is 12.3 Å². The summed E-state index contributed by atoms with van der Waals surface area (Å²) in [4.78, 5) is 0. The predicted molar refractivity (Wildman–Crippen MR) is 80.1 cm³/mol. The third-order valence-corrected chi connectivity index (χ3v) is 4.35. The molecule has 1 N–H and O–H groups in total. The molecular weight excluding hydrogens is 234 g/mol. The van der Waals surface area contributed by atoms with E-state index in [1.165, 1.54) is 50.6 Å². The van der Waals surface area contributed by atoms with Crippen LogP contribution in [0.4, 0.5) is 0 Å². The molecule has 0 amide bonds.